The van der Waals surface area contributed by atoms with E-state index in [2.05, 4.69) is 63.9 Å². The van der Waals surface area contributed by atoms with E-state index in [4.69, 9.17) is 4.74 Å². The lowest BCUT2D eigenvalue weighted by molar-refractivity contribution is 0.242. The van der Waals surface area contributed by atoms with Crippen molar-refractivity contribution in [2.75, 3.05) is 6.54 Å². The van der Waals surface area contributed by atoms with Gasteiger partial charge in [-0.15, -0.1) is 11.3 Å². The second-order valence-electron chi connectivity index (χ2n) is 5.26. The fourth-order valence-electron chi connectivity index (χ4n) is 2.17. The largest absolute Gasteiger partial charge is 0.491 e. The molecule has 2 rings (SSSR count). The molecule has 0 saturated heterocycles. The topological polar surface area (TPSA) is 21.3 Å². The molecule has 4 heteroatoms. The molecule has 1 aromatic carbocycles. The Bertz CT molecular complexity index is 550. The molecule has 21 heavy (non-hydrogen) atoms. The Morgan fingerprint density at radius 2 is 1.90 bits per heavy atom. The predicted molar refractivity (Wildman–Crippen MR) is 94.4 cm³/mol. The lowest BCUT2D eigenvalue weighted by atomic mass is 10.0. The first kappa shape index (κ1) is 16.5. The van der Waals surface area contributed by atoms with Gasteiger partial charge in [-0.25, -0.2) is 0 Å². The van der Waals surface area contributed by atoms with E-state index in [-0.39, 0.29) is 12.1 Å². The molecule has 0 aliphatic heterocycles. The average Bonchev–Trinajstić information content (AvgIpc) is 2.87. The number of halogens is 1. The maximum atomic E-state index is 5.72. The lowest BCUT2D eigenvalue weighted by Crippen LogP contribution is -2.22. The van der Waals surface area contributed by atoms with Crippen LogP contribution in [0.1, 0.15) is 43.7 Å². The summed E-state index contributed by atoms with van der Waals surface area (Å²) in [6.07, 6.45) is 1.32. The monoisotopic (exact) mass is 367 g/mol. The van der Waals surface area contributed by atoms with Gasteiger partial charge in [0.2, 0.25) is 0 Å². The van der Waals surface area contributed by atoms with Crippen LogP contribution in [0.3, 0.4) is 0 Å². The van der Waals surface area contributed by atoms with Crippen molar-refractivity contribution in [3.05, 3.63) is 50.6 Å². The zero-order chi connectivity index (χ0) is 15.2. The van der Waals surface area contributed by atoms with Gasteiger partial charge in [-0.1, -0.05) is 19.1 Å². The SMILES string of the molecule is CCCNC(c1ccc(OC(C)C)cc1)c1sccc1Br. The van der Waals surface area contributed by atoms with E-state index >= 15 is 0 Å². The highest BCUT2D eigenvalue weighted by Crippen LogP contribution is 2.33. The molecule has 0 aliphatic rings. The Morgan fingerprint density at radius 1 is 1.19 bits per heavy atom. The number of hydrogen-bond acceptors (Lipinski definition) is 3. The van der Waals surface area contributed by atoms with Gasteiger partial charge in [-0.2, -0.15) is 0 Å². The molecule has 0 bridgehead atoms. The van der Waals surface area contributed by atoms with Crippen LogP contribution in [-0.4, -0.2) is 12.6 Å². The van der Waals surface area contributed by atoms with Gasteiger partial charge in [0.15, 0.2) is 0 Å². The molecule has 2 aromatic rings. The molecule has 0 saturated carbocycles. The van der Waals surface area contributed by atoms with Crippen molar-refractivity contribution in [2.45, 2.75) is 39.3 Å². The van der Waals surface area contributed by atoms with Crippen LogP contribution in [0.4, 0.5) is 0 Å². The highest BCUT2D eigenvalue weighted by atomic mass is 79.9. The number of rotatable bonds is 7. The van der Waals surface area contributed by atoms with Crippen LogP contribution >= 0.6 is 27.3 Å². The van der Waals surface area contributed by atoms with Gasteiger partial charge in [-0.05, 0) is 71.9 Å². The van der Waals surface area contributed by atoms with Gasteiger partial charge in [0.25, 0.3) is 0 Å². The molecule has 1 N–H and O–H groups in total. The van der Waals surface area contributed by atoms with E-state index in [1.165, 1.54) is 14.9 Å². The zero-order valence-corrected chi connectivity index (χ0v) is 15.1. The summed E-state index contributed by atoms with van der Waals surface area (Å²) in [6, 6.07) is 10.7. The Morgan fingerprint density at radius 3 is 2.43 bits per heavy atom. The minimum Gasteiger partial charge on any atom is -0.491 e. The Labute approximate surface area is 139 Å². The van der Waals surface area contributed by atoms with Crippen LogP contribution in [0.15, 0.2) is 40.2 Å². The maximum absolute atomic E-state index is 5.72. The van der Waals surface area contributed by atoms with Crippen molar-refractivity contribution in [3.63, 3.8) is 0 Å². The molecular formula is C17H22BrNOS. The molecule has 1 aromatic heterocycles. The zero-order valence-electron chi connectivity index (χ0n) is 12.7. The summed E-state index contributed by atoms with van der Waals surface area (Å²) < 4.78 is 6.89. The van der Waals surface area contributed by atoms with Crippen molar-refractivity contribution < 1.29 is 4.74 Å². The van der Waals surface area contributed by atoms with Crippen molar-refractivity contribution >= 4 is 27.3 Å². The minimum atomic E-state index is 0.205. The molecule has 1 heterocycles. The molecule has 0 aliphatic carbocycles. The quantitative estimate of drug-likeness (QED) is 0.708. The van der Waals surface area contributed by atoms with Crippen LogP contribution in [0.5, 0.6) is 5.75 Å². The summed E-state index contributed by atoms with van der Waals surface area (Å²) in [7, 11) is 0. The van der Waals surface area contributed by atoms with Crippen LogP contribution < -0.4 is 10.1 Å². The van der Waals surface area contributed by atoms with Gasteiger partial charge in [0.05, 0.1) is 12.1 Å². The third-order valence-electron chi connectivity index (χ3n) is 3.09. The molecule has 2 nitrogen and oxygen atoms in total. The summed E-state index contributed by atoms with van der Waals surface area (Å²) in [5.41, 5.74) is 1.27. The van der Waals surface area contributed by atoms with Gasteiger partial charge >= 0.3 is 0 Å². The predicted octanol–water partition coefficient (Wildman–Crippen LogP) is 5.39. The molecule has 1 atom stereocenters. The molecule has 0 radical (unpaired) electrons. The maximum Gasteiger partial charge on any atom is 0.119 e. The van der Waals surface area contributed by atoms with Crippen LogP contribution in [0.25, 0.3) is 0 Å². The number of ether oxygens (including phenoxy) is 1. The molecule has 0 spiro atoms. The summed E-state index contributed by atoms with van der Waals surface area (Å²) in [4.78, 5) is 1.32. The molecule has 0 fully saturated rings. The number of benzene rings is 1. The minimum absolute atomic E-state index is 0.205. The van der Waals surface area contributed by atoms with E-state index in [0.717, 1.165) is 18.7 Å². The van der Waals surface area contributed by atoms with E-state index in [9.17, 15) is 0 Å². The normalized spacial score (nSPS) is 12.6. The first-order valence-corrected chi connectivity index (χ1v) is 9.02. The average molecular weight is 368 g/mol. The third kappa shape index (κ3) is 4.56. The summed E-state index contributed by atoms with van der Waals surface area (Å²) in [5.74, 6) is 0.924. The van der Waals surface area contributed by atoms with Crippen LogP contribution in [0, 0.1) is 0 Å². The fraction of sp³-hybridized carbons (Fsp3) is 0.412. The standard InChI is InChI=1S/C17H22BrNOS/c1-4-10-19-16(17-15(18)9-11-21-17)13-5-7-14(8-6-13)20-12(2)3/h5-9,11-12,16,19H,4,10H2,1-3H3. The van der Waals surface area contributed by atoms with E-state index in [1.807, 2.05) is 13.8 Å². The second kappa shape index (κ2) is 7.97. The summed E-state index contributed by atoms with van der Waals surface area (Å²) >= 11 is 5.43. The third-order valence-corrected chi connectivity index (χ3v) is 5.03. The Balaban J connectivity index is 2.22. The van der Waals surface area contributed by atoms with E-state index in [1.54, 1.807) is 11.3 Å². The lowest BCUT2D eigenvalue weighted by Gasteiger charge is -2.19. The van der Waals surface area contributed by atoms with E-state index < -0.39 is 0 Å². The van der Waals surface area contributed by atoms with Crippen LogP contribution in [-0.2, 0) is 0 Å². The smallest absolute Gasteiger partial charge is 0.119 e. The number of thiophene rings is 1. The highest BCUT2D eigenvalue weighted by Gasteiger charge is 2.17. The first-order valence-electron chi connectivity index (χ1n) is 7.34. The van der Waals surface area contributed by atoms with E-state index in [0.29, 0.717) is 0 Å². The van der Waals surface area contributed by atoms with Gasteiger partial charge in [-0.3, -0.25) is 0 Å². The number of nitrogens with one attached hydrogen (secondary N) is 1. The second-order valence-corrected chi connectivity index (χ2v) is 7.06. The van der Waals surface area contributed by atoms with Gasteiger partial charge < -0.3 is 10.1 Å². The molecular weight excluding hydrogens is 346 g/mol. The van der Waals surface area contributed by atoms with Crippen molar-refractivity contribution in [1.29, 1.82) is 0 Å². The van der Waals surface area contributed by atoms with Crippen LogP contribution in [0.2, 0.25) is 0 Å². The van der Waals surface area contributed by atoms with Crippen molar-refractivity contribution in [3.8, 4) is 5.75 Å². The first-order chi connectivity index (χ1) is 10.1. The summed E-state index contributed by atoms with van der Waals surface area (Å²) in [5, 5.41) is 5.75. The Kier molecular flexibility index (Phi) is 6.27. The van der Waals surface area contributed by atoms with Gasteiger partial charge in [0, 0.05) is 9.35 Å². The van der Waals surface area contributed by atoms with Gasteiger partial charge in [0.1, 0.15) is 5.75 Å². The molecule has 114 valence electrons. The fourth-order valence-corrected chi connectivity index (χ4v) is 3.88. The number of hydrogen-bond donors (Lipinski definition) is 1. The Hall–Kier alpha value is -0.840. The highest BCUT2D eigenvalue weighted by molar-refractivity contribution is 9.10. The van der Waals surface area contributed by atoms with Crippen molar-refractivity contribution in [1.82, 2.24) is 5.32 Å². The molecule has 1 unspecified atom stereocenters. The molecule has 0 amide bonds. The van der Waals surface area contributed by atoms with Crippen molar-refractivity contribution in [2.24, 2.45) is 0 Å². The summed E-state index contributed by atoms with van der Waals surface area (Å²) in [6.45, 7) is 7.27.